The zero-order valence-electron chi connectivity index (χ0n) is 15.4. The third kappa shape index (κ3) is 6.70. The van der Waals surface area contributed by atoms with Crippen molar-refractivity contribution in [1.29, 1.82) is 0 Å². The average Bonchev–Trinajstić information content (AvgIpc) is 3.11. The fraction of sp³-hybridized carbons (Fsp3) is 0.700. The van der Waals surface area contributed by atoms with Crippen LogP contribution in [-0.2, 0) is 11.2 Å². The second kappa shape index (κ2) is 11.3. The molecule has 136 valence electrons. The first-order valence-corrected chi connectivity index (χ1v) is 9.73. The number of aryl methyl sites for hydroxylation is 1. The lowest BCUT2D eigenvalue weighted by Gasteiger charge is -2.20. The number of benzene rings is 1. The molecule has 3 N–H and O–H groups in total. The van der Waals surface area contributed by atoms with Crippen molar-refractivity contribution in [1.82, 2.24) is 5.32 Å². The molecule has 1 fully saturated rings. The Morgan fingerprint density at radius 2 is 1.83 bits per heavy atom. The highest BCUT2D eigenvalue weighted by Gasteiger charge is 2.14. The lowest BCUT2D eigenvalue weighted by Crippen LogP contribution is -2.19. The minimum atomic E-state index is 0.876. The highest BCUT2D eigenvalue weighted by Crippen LogP contribution is 2.27. The van der Waals surface area contributed by atoms with Gasteiger partial charge in [-0.3, -0.25) is 0 Å². The Kier molecular flexibility index (Phi) is 9.00. The van der Waals surface area contributed by atoms with Gasteiger partial charge in [-0.15, -0.1) is 0 Å². The van der Waals surface area contributed by atoms with Gasteiger partial charge < -0.3 is 20.7 Å². The lowest BCUT2D eigenvalue weighted by molar-refractivity contribution is 0.129. The second-order valence-electron chi connectivity index (χ2n) is 6.76. The van der Waals surface area contributed by atoms with Crippen molar-refractivity contribution < 1.29 is 4.74 Å². The molecule has 0 saturated carbocycles. The zero-order valence-corrected chi connectivity index (χ0v) is 15.4. The summed E-state index contributed by atoms with van der Waals surface area (Å²) >= 11 is 0. The van der Waals surface area contributed by atoms with Crippen LogP contribution in [0.1, 0.15) is 51.0 Å². The molecule has 1 heterocycles. The SMILES string of the molecule is CCCCOCCCNCCCc1ccc(N2CCCC2)c(N)c1. The molecule has 0 aromatic heterocycles. The number of nitrogen functional groups attached to an aromatic ring is 1. The molecular formula is C20H35N3O. The smallest absolute Gasteiger partial charge is 0.0600 e. The van der Waals surface area contributed by atoms with Crippen LogP contribution in [0.3, 0.4) is 0 Å². The molecule has 1 aromatic carbocycles. The van der Waals surface area contributed by atoms with Crippen LogP contribution < -0.4 is 16.0 Å². The maximum absolute atomic E-state index is 6.25. The van der Waals surface area contributed by atoms with Gasteiger partial charge in [0.2, 0.25) is 0 Å². The highest BCUT2D eigenvalue weighted by atomic mass is 16.5. The van der Waals surface area contributed by atoms with Crippen molar-refractivity contribution in [2.24, 2.45) is 0 Å². The van der Waals surface area contributed by atoms with E-state index in [9.17, 15) is 0 Å². The molecule has 4 heteroatoms. The van der Waals surface area contributed by atoms with Crippen LogP contribution in [-0.4, -0.2) is 39.4 Å². The quantitative estimate of drug-likeness (QED) is 0.453. The summed E-state index contributed by atoms with van der Waals surface area (Å²) in [5.41, 5.74) is 9.75. The molecule has 1 aliphatic rings. The topological polar surface area (TPSA) is 50.5 Å². The zero-order chi connectivity index (χ0) is 17.0. The van der Waals surface area contributed by atoms with Crippen LogP contribution >= 0.6 is 0 Å². The predicted octanol–water partition coefficient (Wildman–Crippen LogP) is 3.60. The van der Waals surface area contributed by atoms with E-state index < -0.39 is 0 Å². The van der Waals surface area contributed by atoms with Gasteiger partial charge in [0.1, 0.15) is 0 Å². The van der Waals surface area contributed by atoms with Crippen molar-refractivity contribution in [3.8, 4) is 0 Å². The Balaban J connectivity index is 1.55. The van der Waals surface area contributed by atoms with Crippen LogP contribution in [0.4, 0.5) is 11.4 Å². The molecule has 0 radical (unpaired) electrons. The molecule has 0 amide bonds. The monoisotopic (exact) mass is 333 g/mol. The van der Waals surface area contributed by atoms with Crippen LogP contribution in [0.5, 0.6) is 0 Å². The van der Waals surface area contributed by atoms with Gasteiger partial charge in [0.25, 0.3) is 0 Å². The van der Waals surface area contributed by atoms with Gasteiger partial charge >= 0.3 is 0 Å². The summed E-state index contributed by atoms with van der Waals surface area (Å²) in [5, 5.41) is 3.50. The number of nitrogens with one attached hydrogen (secondary N) is 1. The molecule has 0 bridgehead atoms. The van der Waals surface area contributed by atoms with Gasteiger partial charge in [-0.1, -0.05) is 19.4 Å². The molecule has 0 spiro atoms. The fourth-order valence-corrected chi connectivity index (χ4v) is 3.20. The number of unbranched alkanes of at least 4 members (excludes halogenated alkanes) is 1. The van der Waals surface area contributed by atoms with E-state index in [1.807, 2.05) is 0 Å². The van der Waals surface area contributed by atoms with Crippen molar-refractivity contribution in [2.75, 3.05) is 50.0 Å². The van der Waals surface area contributed by atoms with Crippen LogP contribution in [0.2, 0.25) is 0 Å². The number of nitrogens with two attached hydrogens (primary N) is 1. The van der Waals surface area contributed by atoms with E-state index in [4.69, 9.17) is 10.5 Å². The third-order valence-corrected chi connectivity index (χ3v) is 4.64. The van der Waals surface area contributed by atoms with Gasteiger partial charge in [-0.25, -0.2) is 0 Å². The van der Waals surface area contributed by atoms with Gasteiger partial charge in [-0.2, -0.15) is 0 Å². The van der Waals surface area contributed by atoms with E-state index in [2.05, 4.69) is 35.3 Å². The summed E-state index contributed by atoms with van der Waals surface area (Å²) < 4.78 is 5.56. The molecule has 1 saturated heterocycles. The Bertz CT molecular complexity index is 458. The van der Waals surface area contributed by atoms with E-state index in [1.165, 1.54) is 36.9 Å². The van der Waals surface area contributed by atoms with E-state index in [0.717, 1.165) is 64.3 Å². The summed E-state index contributed by atoms with van der Waals surface area (Å²) in [5.74, 6) is 0. The molecule has 0 aliphatic carbocycles. The molecule has 4 nitrogen and oxygen atoms in total. The Morgan fingerprint density at radius 1 is 1.08 bits per heavy atom. The van der Waals surface area contributed by atoms with Crippen molar-refractivity contribution in [3.63, 3.8) is 0 Å². The molecule has 0 unspecified atom stereocenters. The first-order chi connectivity index (χ1) is 11.8. The lowest BCUT2D eigenvalue weighted by atomic mass is 10.1. The summed E-state index contributed by atoms with van der Waals surface area (Å²) in [6.45, 7) is 8.38. The van der Waals surface area contributed by atoms with Crippen molar-refractivity contribution in [2.45, 2.75) is 51.9 Å². The molecule has 1 aromatic rings. The average molecular weight is 334 g/mol. The Hall–Kier alpha value is -1.26. The maximum atomic E-state index is 6.25. The summed E-state index contributed by atoms with van der Waals surface area (Å²) in [7, 11) is 0. The molecule has 24 heavy (non-hydrogen) atoms. The predicted molar refractivity (Wildman–Crippen MR) is 104 cm³/mol. The first kappa shape index (κ1) is 19.1. The van der Waals surface area contributed by atoms with E-state index in [0.29, 0.717) is 0 Å². The van der Waals surface area contributed by atoms with Gasteiger partial charge in [-0.05, 0) is 69.3 Å². The number of nitrogens with zero attached hydrogens (tertiary/aromatic N) is 1. The largest absolute Gasteiger partial charge is 0.397 e. The van der Waals surface area contributed by atoms with E-state index in [1.54, 1.807) is 0 Å². The molecular weight excluding hydrogens is 298 g/mol. The fourth-order valence-electron chi connectivity index (χ4n) is 3.20. The van der Waals surface area contributed by atoms with Crippen LogP contribution in [0.15, 0.2) is 18.2 Å². The highest BCUT2D eigenvalue weighted by molar-refractivity contribution is 5.68. The number of hydrogen-bond acceptors (Lipinski definition) is 4. The number of anilines is 2. The van der Waals surface area contributed by atoms with Gasteiger partial charge in [0.15, 0.2) is 0 Å². The minimum absolute atomic E-state index is 0.876. The summed E-state index contributed by atoms with van der Waals surface area (Å²) in [6.07, 6.45) is 8.30. The molecule has 2 rings (SSSR count). The normalized spacial score (nSPS) is 14.5. The summed E-state index contributed by atoms with van der Waals surface area (Å²) in [4.78, 5) is 2.41. The van der Waals surface area contributed by atoms with Gasteiger partial charge in [0, 0.05) is 26.3 Å². The van der Waals surface area contributed by atoms with E-state index >= 15 is 0 Å². The third-order valence-electron chi connectivity index (χ3n) is 4.64. The van der Waals surface area contributed by atoms with Crippen LogP contribution in [0.25, 0.3) is 0 Å². The second-order valence-corrected chi connectivity index (χ2v) is 6.76. The number of ether oxygens (including phenoxy) is 1. The minimum Gasteiger partial charge on any atom is -0.397 e. The number of rotatable bonds is 12. The van der Waals surface area contributed by atoms with Crippen molar-refractivity contribution in [3.05, 3.63) is 23.8 Å². The Morgan fingerprint density at radius 3 is 2.58 bits per heavy atom. The first-order valence-electron chi connectivity index (χ1n) is 9.73. The van der Waals surface area contributed by atoms with Crippen molar-refractivity contribution >= 4 is 11.4 Å². The Labute approximate surface area is 147 Å². The molecule has 1 aliphatic heterocycles. The maximum Gasteiger partial charge on any atom is 0.0600 e. The van der Waals surface area contributed by atoms with E-state index in [-0.39, 0.29) is 0 Å². The molecule has 0 atom stereocenters. The van der Waals surface area contributed by atoms with Gasteiger partial charge in [0.05, 0.1) is 11.4 Å². The van der Waals surface area contributed by atoms with Crippen LogP contribution in [0, 0.1) is 0 Å². The summed E-state index contributed by atoms with van der Waals surface area (Å²) in [6, 6.07) is 6.61. The number of hydrogen-bond donors (Lipinski definition) is 2. The standard InChI is InChI=1S/C20H35N3O/c1-2-3-15-24-16-7-12-22-11-6-8-18-9-10-20(19(21)17-18)23-13-4-5-14-23/h9-10,17,22H,2-8,11-16,21H2,1H3.